The first-order valence-corrected chi connectivity index (χ1v) is 11.6. The number of aliphatic hydroxyl groups is 1. The van der Waals surface area contributed by atoms with Crippen molar-refractivity contribution in [3.8, 4) is 5.75 Å². The SMILES string of the molecule is COC(=O)c1cccc(N2C(=O)C(=O)/C(=C(\O)c3ccc4ccccc4c3)C2c2cccc(OC)c2)c1. The summed E-state index contributed by atoms with van der Waals surface area (Å²) in [6.45, 7) is 0. The summed E-state index contributed by atoms with van der Waals surface area (Å²) in [7, 11) is 2.78. The third-order valence-electron chi connectivity index (χ3n) is 6.42. The first-order valence-electron chi connectivity index (χ1n) is 11.6. The highest BCUT2D eigenvalue weighted by Gasteiger charge is 2.47. The first-order chi connectivity index (χ1) is 17.9. The largest absolute Gasteiger partial charge is 0.507 e. The van der Waals surface area contributed by atoms with Crippen molar-refractivity contribution in [2.24, 2.45) is 0 Å². The van der Waals surface area contributed by atoms with E-state index in [9.17, 15) is 19.5 Å². The Balaban J connectivity index is 1.73. The number of nitrogens with zero attached hydrogens (tertiary/aromatic N) is 1. The van der Waals surface area contributed by atoms with Gasteiger partial charge in [-0.1, -0.05) is 54.6 Å². The maximum Gasteiger partial charge on any atom is 0.337 e. The van der Waals surface area contributed by atoms with E-state index in [4.69, 9.17) is 9.47 Å². The molecule has 0 bridgehead atoms. The van der Waals surface area contributed by atoms with Crippen LogP contribution in [0.4, 0.5) is 5.69 Å². The molecule has 1 fully saturated rings. The van der Waals surface area contributed by atoms with Gasteiger partial charge in [0, 0.05) is 11.3 Å². The number of esters is 1. The summed E-state index contributed by atoms with van der Waals surface area (Å²) in [5, 5.41) is 13.3. The van der Waals surface area contributed by atoms with E-state index in [1.807, 2.05) is 30.3 Å². The van der Waals surface area contributed by atoms with Crippen LogP contribution in [0.2, 0.25) is 0 Å². The van der Waals surface area contributed by atoms with Gasteiger partial charge in [-0.15, -0.1) is 0 Å². The summed E-state index contributed by atoms with van der Waals surface area (Å²) >= 11 is 0. The highest BCUT2D eigenvalue weighted by molar-refractivity contribution is 6.51. The summed E-state index contributed by atoms with van der Waals surface area (Å²) in [5.41, 5.74) is 1.45. The highest BCUT2D eigenvalue weighted by Crippen LogP contribution is 2.43. The maximum atomic E-state index is 13.4. The van der Waals surface area contributed by atoms with E-state index in [-0.39, 0.29) is 16.9 Å². The molecule has 184 valence electrons. The molecule has 1 aliphatic rings. The zero-order chi connectivity index (χ0) is 26.1. The van der Waals surface area contributed by atoms with Crippen LogP contribution in [0, 0.1) is 0 Å². The minimum absolute atomic E-state index is 0.0583. The number of aliphatic hydroxyl groups excluding tert-OH is 1. The van der Waals surface area contributed by atoms with Crippen molar-refractivity contribution in [1.82, 2.24) is 0 Å². The van der Waals surface area contributed by atoms with Crippen LogP contribution >= 0.6 is 0 Å². The van der Waals surface area contributed by atoms with Crippen LogP contribution in [-0.4, -0.2) is 37.0 Å². The fraction of sp³-hybridized carbons (Fsp3) is 0.100. The van der Waals surface area contributed by atoms with Crippen molar-refractivity contribution in [1.29, 1.82) is 0 Å². The zero-order valence-electron chi connectivity index (χ0n) is 20.2. The molecule has 0 aliphatic carbocycles. The number of benzene rings is 4. The number of ketones is 1. The third-order valence-corrected chi connectivity index (χ3v) is 6.42. The van der Waals surface area contributed by atoms with Crippen LogP contribution in [0.5, 0.6) is 5.75 Å². The van der Waals surface area contributed by atoms with Gasteiger partial charge in [-0.2, -0.15) is 0 Å². The van der Waals surface area contributed by atoms with Gasteiger partial charge in [-0.05, 0) is 52.7 Å². The van der Waals surface area contributed by atoms with Gasteiger partial charge in [0.05, 0.1) is 31.4 Å². The number of anilines is 1. The van der Waals surface area contributed by atoms with Crippen molar-refractivity contribution in [3.63, 3.8) is 0 Å². The van der Waals surface area contributed by atoms with E-state index in [2.05, 4.69) is 0 Å². The number of Topliss-reactive ketones (excluding diaryl/α,β-unsaturated/α-hetero) is 1. The number of hydrogen-bond acceptors (Lipinski definition) is 6. The lowest BCUT2D eigenvalue weighted by molar-refractivity contribution is -0.132. The molecule has 0 saturated carbocycles. The van der Waals surface area contributed by atoms with E-state index in [1.165, 1.54) is 25.2 Å². The van der Waals surface area contributed by atoms with Crippen LogP contribution in [-0.2, 0) is 14.3 Å². The standard InChI is InChI=1S/C30H23NO6/c1-36-24-12-6-9-20(17-24)26-25(27(32)21-14-13-18-7-3-4-8-19(18)15-21)28(33)29(34)31(26)23-11-5-10-22(16-23)30(35)37-2/h3-17,26,32H,1-2H3/b27-25-. The van der Waals surface area contributed by atoms with Gasteiger partial charge in [-0.3, -0.25) is 14.5 Å². The van der Waals surface area contributed by atoms with Gasteiger partial charge in [0.1, 0.15) is 11.5 Å². The molecule has 0 aromatic heterocycles. The molecule has 7 heteroatoms. The van der Waals surface area contributed by atoms with Crippen molar-refractivity contribution in [2.45, 2.75) is 6.04 Å². The molecule has 0 spiro atoms. The average Bonchev–Trinajstić information content (AvgIpc) is 3.21. The summed E-state index contributed by atoms with van der Waals surface area (Å²) in [5.74, 6) is -1.99. The normalized spacial score (nSPS) is 16.7. The second-order valence-corrected chi connectivity index (χ2v) is 8.55. The second kappa shape index (κ2) is 9.62. The van der Waals surface area contributed by atoms with Gasteiger partial charge in [0.15, 0.2) is 0 Å². The van der Waals surface area contributed by atoms with Crippen LogP contribution in [0.1, 0.15) is 27.5 Å². The molecular formula is C30H23NO6. The van der Waals surface area contributed by atoms with Gasteiger partial charge in [-0.25, -0.2) is 4.79 Å². The smallest absolute Gasteiger partial charge is 0.337 e. The van der Waals surface area contributed by atoms with Gasteiger partial charge >= 0.3 is 5.97 Å². The number of ether oxygens (including phenoxy) is 2. The monoisotopic (exact) mass is 493 g/mol. The maximum absolute atomic E-state index is 13.4. The van der Waals surface area contributed by atoms with Crippen molar-refractivity contribution >= 4 is 39.9 Å². The van der Waals surface area contributed by atoms with E-state index in [0.717, 1.165) is 10.8 Å². The second-order valence-electron chi connectivity index (χ2n) is 8.55. The molecular weight excluding hydrogens is 470 g/mol. The molecule has 4 aromatic carbocycles. The molecule has 0 radical (unpaired) electrons. The number of hydrogen-bond donors (Lipinski definition) is 1. The number of methoxy groups -OCH3 is 2. The molecule has 1 amide bonds. The number of amides is 1. The molecule has 37 heavy (non-hydrogen) atoms. The lowest BCUT2D eigenvalue weighted by Gasteiger charge is -2.26. The Labute approximate surface area is 213 Å². The predicted molar refractivity (Wildman–Crippen MR) is 140 cm³/mol. The third kappa shape index (κ3) is 4.21. The van der Waals surface area contributed by atoms with Crippen LogP contribution in [0.25, 0.3) is 16.5 Å². The zero-order valence-corrected chi connectivity index (χ0v) is 20.2. The molecule has 1 N–H and O–H groups in total. The van der Waals surface area contributed by atoms with Gasteiger partial charge in [0.25, 0.3) is 11.7 Å². The molecule has 1 heterocycles. The Kier molecular flexibility index (Phi) is 6.19. The van der Waals surface area contributed by atoms with Gasteiger partial charge in [0.2, 0.25) is 0 Å². The predicted octanol–water partition coefficient (Wildman–Crippen LogP) is 5.26. The lowest BCUT2D eigenvalue weighted by atomic mass is 9.94. The Hall–Kier alpha value is -4.91. The minimum Gasteiger partial charge on any atom is -0.507 e. The number of fused-ring (bicyclic) bond motifs is 1. The summed E-state index contributed by atoms with van der Waals surface area (Å²) in [6.07, 6.45) is 0. The summed E-state index contributed by atoms with van der Waals surface area (Å²) in [6, 6.07) is 25.3. The Bertz CT molecular complexity index is 1590. The highest BCUT2D eigenvalue weighted by atomic mass is 16.5. The quantitative estimate of drug-likeness (QED) is 0.176. The number of carbonyl (C=O) groups excluding carboxylic acids is 3. The van der Waals surface area contributed by atoms with Crippen LogP contribution < -0.4 is 9.64 Å². The van der Waals surface area contributed by atoms with E-state index in [0.29, 0.717) is 22.6 Å². The molecule has 1 unspecified atom stereocenters. The van der Waals surface area contributed by atoms with E-state index < -0.39 is 23.7 Å². The van der Waals surface area contributed by atoms with Crippen molar-refractivity contribution in [3.05, 3.63) is 113 Å². The van der Waals surface area contributed by atoms with Crippen LogP contribution in [0.3, 0.4) is 0 Å². The minimum atomic E-state index is -0.963. The van der Waals surface area contributed by atoms with Crippen LogP contribution in [0.15, 0.2) is 96.6 Å². The molecule has 1 atom stereocenters. The topological polar surface area (TPSA) is 93.1 Å². The molecule has 5 rings (SSSR count). The van der Waals surface area contributed by atoms with Crippen molar-refractivity contribution < 1.29 is 29.0 Å². The van der Waals surface area contributed by atoms with Gasteiger partial charge < -0.3 is 14.6 Å². The lowest BCUT2D eigenvalue weighted by Crippen LogP contribution is -2.29. The summed E-state index contributed by atoms with van der Waals surface area (Å²) < 4.78 is 10.2. The first kappa shape index (κ1) is 23.8. The number of carbonyl (C=O) groups is 3. The number of rotatable bonds is 5. The molecule has 7 nitrogen and oxygen atoms in total. The Morgan fingerprint density at radius 1 is 0.811 bits per heavy atom. The Morgan fingerprint density at radius 3 is 2.32 bits per heavy atom. The van der Waals surface area contributed by atoms with E-state index >= 15 is 0 Å². The van der Waals surface area contributed by atoms with E-state index in [1.54, 1.807) is 54.6 Å². The Morgan fingerprint density at radius 2 is 1.57 bits per heavy atom. The fourth-order valence-electron chi connectivity index (χ4n) is 4.62. The fourth-order valence-corrected chi connectivity index (χ4v) is 4.62. The molecule has 1 aliphatic heterocycles. The average molecular weight is 494 g/mol. The molecule has 1 saturated heterocycles. The molecule has 4 aromatic rings. The van der Waals surface area contributed by atoms with Crippen molar-refractivity contribution in [2.75, 3.05) is 19.1 Å². The summed E-state index contributed by atoms with van der Waals surface area (Å²) in [4.78, 5) is 40.3.